The zero-order valence-corrected chi connectivity index (χ0v) is 7.21. The molecule has 3 nitrogen and oxygen atoms in total. The molecule has 0 bridgehead atoms. The van der Waals surface area contributed by atoms with Gasteiger partial charge in [0, 0.05) is 0 Å². The van der Waals surface area contributed by atoms with Crippen LogP contribution in [0, 0.1) is 0 Å². The smallest absolute Gasteiger partial charge is 0.283 e. The first-order valence-electron chi connectivity index (χ1n) is 4.35. The first-order chi connectivity index (χ1) is 5.70. The zero-order chi connectivity index (χ0) is 8.97. The van der Waals surface area contributed by atoms with Gasteiger partial charge in [-0.2, -0.15) is 0 Å². The third-order valence-corrected chi connectivity index (χ3v) is 2.14. The Morgan fingerprint density at radius 1 is 1.33 bits per heavy atom. The number of ether oxygens (including phenoxy) is 1. The highest BCUT2D eigenvalue weighted by Gasteiger charge is 2.16. The highest BCUT2D eigenvalue weighted by molar-refractivity contribution is 5.89. The normalized spacial score (nSPS) is 18.7. The van der Waals surface area contributed by atoms with Crippen molar-refractivity contribution in [1.29, 1.82) is 0 Å². The standard InChI is InChI=1S/C9H15NO2/c1-7(9(10)11)12-8-5-3-2-4-6-8/h8H,1-6H2,(H2,10,11). The Morgan fingerprint density at radius 2 is 1.92 bits per heavy atom. The van der Waals surface area contributed by atoms with E-state index >= 15 is 0 Å². The van der Waals surface area contributed by atoms with Crippen LogP contribution in [0.3, 0.4) is 0 Å². The van der Waals surface area contributed by atoms with Gasteiger partial charge in [0.15, 0.2) is 5.76 Å². The van der Waals surface area contributed by atoms with Crippen LogP contribution in [0.5, 0.6) is 0 Å². The summed E-state index contributed by atoms with van der Waals surface area (Å²) in [5.74, 6) is -0.456. The topological polar surface area (TPSA) is 52.3 Å². The van der Waals surface area contributed by atoms with E-state index in [-0.39, 0.29) is 11.9 Å². The summed E-state index contributed by atoms with van der Waals surface area (Å²) in [7, 11) is 0. The average Bonchev–Trinajstić information content (AvgIpc) is 2.06. The van der Waals surface area contributed by atoms with Gasteiger partial charge in [-0.15, -0.1) is 0 Å². The molecule has 1 aliphatic rings. The largest absolute Gasteiger partial charge is 0.485 e. The van der Waals surface area contributed by atoms with E-state index in [0.29, 0.717) is 0 Å². The van der Waals surface area contributed by atoms with Gasteiger partial charge in [-0.3, -0.25) is 4.79 Å². The van der Waals surface area contributed by atoms with Crippen LogP contribution in [0.25, 0.3) is 0 Å². The van der Waals surface area contributed by atoms with Gasteiger partial charge in [0.2, 0.25) is 0 Å². The van der Waals surface area contributed by atoms with Gasteiger partial charge in [0.1, 0.15) is 0 Å². The summed E-state index contributed by atoms with van der Waals surface area (Å²) in [6, 6.07) is 0. The number of carbonyl (C=O) groups is 1. The quantitative estimate of drug-likeness (QED) is 0.512. The molecular formula is C9H15NO2. The van der Waals surface area contributed by atoms with Crippen molar-refractivity contribution in [2.24, 2.45) is 5.73 Å². The fourth-order valence-corrected chi connectivity index (χ4v) is 1.44. The predicted molar refractivity (Wildman–Crippen MR) is 46.3 cm³/mol. The van der Waals surface area contributed by atoms with Crippen LogP contribution in [0.2, 0.25) is 0 Å². The first-order valence-corrected chi connectivity index (χ1v) is 4.35. The van der Waals surface area contributed by atoms with E-state index in [1.165, 1.54) is 19.3 Å². The molecule has 1 aliphatic carbocycles. The molecule has 68 valence electrons. The summed E-state index contributed by atoms with van der Waals surface area (Å²) < 4.78 is 5.28. The zero-order valence-electron chi connectivity index (χ0n) is 7.21. The minimum absolute atomic E-state index is 0.0990. The van der Waals surface area contributed by atoms with E-state index in [9.17, 15) is 4.79 Å². The molecule has 0 radical (unpaired) electrons. The fraction of sp³-hybridized carbons (Fsp3) is 0.667. The van der Waals surface area contributed by atoms with Crippen LogP contribution < -0.4 is 5.73 Å². The van der Waals surface area contributed by atoms with Crippen molar-refractivity contribution in [3.63, 3.8) is 0 Å². The van der Waals surface area contributed by atoms with Crippen LogP contribution >= 0.6 is 0 Å². The van der Waals surface area contributed by atoms with Crippen molar-refractivity contribution >= 4 is 5.91 Å². The van der Waals surface area contributed by atoms with E-state index in [1.54, 1.807) is 0 Å². The maximum absolute atomic E-state index is 10.6. The second-order valence-electron chi connectivity index (χ2n) is 3.17. The third kappa shape index (κ3) is 2.57. The summed E-state index contributed by atoms with van der Waals surface area (Å²) in [5, 5.41) is 0. The van der Waals surface area contributed by atoms with Crippen molar-refractivity contribution in [2.75, 3.05) is 0 Å². The van der Waals surface area contributed by atoms with Gasteiger partial charge in [-0.1, -0.05) is 13.0 Å². The molecule has 1 fully saturated rings. The highest BCUT2D eigenvalue weighted by atomic mass is 16.5. The second kappa shape index (κ2) is 4.14. The minimum atomic E-state index is -0.555. The lowest BCUT2D eigenvalue weighted by molar-refractivity contribution is -0.119. The van der Waals surface area contributed by atoms with Crippen molar-refractivity contribution in [2.45, 2.75) is 38.2 Å². The summed E-state index contributed by atoms with van der Waals surface area (Å²) in [5.41, 5.74) is 4.99. The van der Waals surface area contributed by atoms with Crippen LogP contribution in [0.1, 0.15) is 32.1 Å². The Hall–Kier alpha value is -0.990. The Morgan fingerprint density at radius 3 is 2.42 bits per heavy atom. The van der Waals surface area contributed by atoms with Gasteiger partial charge in [-0.05, 0) is 25.7 Å². The molecule has 2 N–H and O–H groups in total. The molecule has 1 rings (SSSR count). The first kappa shape index (κ1) is 9.10. The third-order valence-electron chi connectivity index (χ3n) is 2.14. The van der Waals surface area contributed by atoms with Gasteiger partial charge >= 0.3 is 0 Å². The van der Waals surface area contributed by atoms with Crippen molar-refractivity contribution in [1.82, 2.24) is 0 Å². The molecule has 0 spiro atoms. The lowest BCUT2D eigenvalue weighted by Crippen LogP contribution is -2.22. The molecular weight excluding hydrogens is 154 g/mol. The van der Waals surface area contributed by atoms with Crippen molar-refractivity contribution in [3.8, 4) is 0 Å². The van der Waals surface area contributed by atoms with E-state index in [0.717, 1.165) is 12.8 Å². The van der Waals surface area contributed by atoms with Crippen molar-refractivity contribution < 1.29 is 9.53 Å². The number of primary amides is 1. The molecule has 0 aliphatic heterocycles. The lowest BCUT2D eigenvalue weighted by Gasteiger charge is -2.22. The van der Waals surface area contributed by atoms with Crippen LogP contribution in [0.4, 0.5) is 0 Å². The highest BCUT2D eigenvalue weighted by Crippen LogP contribution is 2.21. The number of carbonyl (C=O) groups excluding carboxylic acids is 1. The molecule has 0 unspecified atom stereocenters. The molecule has 0 atom stereocenters. The fourth-order valence-electron chi connectivity index (χ4n) is 1.44. The maximum atomic E-state index is 10.6. The van der Waals surface area contributed by atoms with Gasteiger partial charge in [-0.25, -0.2) is 0 Å². The maximum Gasteiger partial charge on any atom is 0.283 e. The summed E-state index contributed by atoms with van der Waals surface area (Å²) in [6.45, 7) is 3.45. The Balaban J connectivity index is 2.29. The van der Waals surface area contributed by atoms with Gasteiger partial charge in [0.05, 0.1) is 6.10 Å². The molecule has 0 aromatic heterocycles. The van der Waals surface area contributed by atoms with Crippen LogP contribution in [-0.2, 0) is 9.53 Å². The predicted octanol–water partition coefficient (Wildman–Crippen LogP) is 1.33. The molecule has 0 saturated heterocycles. The Bertz CT molecular complexity index is 183. The van der Waals surface area contributed by atoms with Crippen molar-refractivity contribution in [3.05, 3.63) is 12.3 Å². The molecule has 0 aromatic carbocycles. The molecule has 0 heterocycles. The van der Waals surface area contributed by atoms with Crippen LogP contribution in [0.15, 0.2) is 12.3 Å². The number of hydrogen-bond acceptors (Lipinski definition) is 2. The summed E-state index contributed by atoms with van der Waals surface area (Å²) in [6.07, 6.45) is 5.83. The Kier molecular flexibility index (Phi) is 3.14. The number of nitrogens with two attached hydrogens (primary N) is 1. The summed E-state index contributed by atoms with van der Waals surface area (Å²) >= 11 is 0. The second-order valence-corrected chi connectivity index (χ2v) is 3.17. The monoisotopic (exact) mass is 169 g/mol. The number of amides is 1. The molecule has 3 heteroatoms. The average molecular weight is 169 g/mol. The molecule has 12 heavy (non-hydrogen) atoms. The van der Waals surface area contributed by atoms with E-state index < -0.39 is 5.91 Å². The number of rotatable bonds is 3. The van der Waals surface area contributed by atoms with E-state index in [2.05, 4.69) is 6.58 Å². The van der Waals surface area contributed by atoms with Crippen LogP contribution in [-0.4, -0.2) is 12.0 Å². The minimum Gasteiger partial charge on any atom is -0.485 e. The molecule has 1 amide bonds. The SMILES string of the molecule is C=C(OC1CCCCC1)C(N)=O. The van der Waals surface area contributed by atoms with E-state index in [4.69, 9.17) is 10.5 Å². The van der Waals surface area contributed by atoms with Gasteiger partial charge < -0.3 is 10.5 Å². The van der Waals surface area contributed by atoms with Gasteiger partial charge in [0.25, 0.3) is 5.91 Å². The number of hydrogen-bond donors (Lipinski definition) is 1. The Labute approximate surface area is 72.6 Å². The molecule has 0 aromatic rings. The molecule has 1 saturated carbocycles. The summed E-state index contributed by atoms with van der Waals surface area (Å²) in [4.78, 5) is 10.6. The van der Waals surface area contributed by atoms with E-state index in [1.807, 2.05) is 0 Å². The lowest BCUT2D eigenvalue weighted by atomic mass is 9.98.